The molecule has 1 saturated heterocycles. The second-order valence-electron chi connectivity index (χ2n) is 5.44. The van der Waals surface area contributed by atoms with Crippen LogP contribution in [0, 0.1) is 0 Å². The van der Waals surface area contributed by atoms with Gasteiger partial charge in [-0.15, -0.1) is 0 Å². The molecule has 1 aliphatic rings. The third-order valence-corrected chi connectivity index (χ3v) is 3.96. The average molecular weight is 267 g/mol. The lowest BCUT2D eigenvalue weighted by atomic mass is 10.1. The van der Waals surface area contributed by atoms with Crippen LogP contribution in [0.1, 0.15) is 24.1 Å². The van der Waals surface area contributed by atoms with Crippen LogP contribution in [0.2, 0.25) is 0 Å². The fourth-order valence-corrected chi connectivity index (χ4v) is 2.63. The Balaban J connectivity index is 1.43. The maximum atomic E-state index is 5.82. The van der Waals surface area contributed by atoms with Crippen molar-refractivity contribution in [3.8, 4) is 0 Å². The highest BCUT2D eigenvalue weighted by molar-refractivity contribution is 5.20. The summed E-state index contributed by atoms with van der Waals surface area (Å²) in [4.78, 5) is 2.49. The number of benzene rings is 2. The molecular formula is C18H21NO. The van der Waals surface area contributed by atoms with E-state index in [2.05, 4.69) is 66.4 Å². The molecule has 2 nitrogen and oxygen atoms in total. The summed E-state index contributed by atoms with van der Waals surface area (Å²) >= 11 is 0. The van der Waals surface area contributed by atoms with E-state index in [-0.39, 0.29) is 0 Å². The molecule has 0 bridgehead atoms. The first-order valence-electron chi connectivity index (χ1n) is 7.27. The third-order valence-electron chi connectivity index (χ3n) is 3.96. The van der Waals surface area contributed by atoms with Crippen LogP contribution < -0.4 is 0 Å². The van der Waals surface area contributed by atoms with Crippen LogP contribution in [0.15, 0.2) is 60.7 Å². The van der Waals surface area contributed by atoms with Crippen LogP contribution in [-0.2, 0) is 11.3 Å². The highest BCUT2D eigenvalue weighted by atomic mass is 16.5. The molecule has 1 fully saturated rings. The molecule has 2 aromatic carbocycles. The molecule has 0 amide bonds. The maximum absolute atomic E-state index is 5.82. The zero-order valence-electron chi connectivity index (χ0n) is 11.9. The summed E-state index contributed by atoms with van der Waals surface area (Å²) in [7, 11) is 0. The van der Waals surface area contributed by atoms with Crippen molar-refractivity contribution in [3.05, 3.63) is 71.8 Å². The summed E-state index contributed by atoms with van der Waals surface area (Å²) in [6.45, 7) is 4.95. The zero-order chi connectivity index (χ0) is 13.8. The lowest BCUT2D eigenvalue weighted by Gasteiger charge is -2.14. The summed E-state index contributed by atoms with van der Waals surface area (Å²) in [6, 6.07) is 22.1. The van der Waals surface area contributed by atoms with Crippen LogP contribution in [0.4, 0.5) is 0 Å². The van der Waals surface area contributed by atoms with Crippen molar-refractivity contribution in [3.63, 3.8) is 0 Å². The van der Waals surface area contributed by atoms with Crippen molar-refractivity contribution in [1.29, 1.82) is 0 Å². The van der Waals surface area contributed by atoms with Gasteiger partial charge in [0.2, 0.25) is 0 Å². The fraction of sp³-hybridized carbons (Fsp3) is 0.333. The van der Waals surface area contributed by atoms with Crippen LogP contribution in [-0.4, -0.2) is 24.1 Å². The van der Waals surface area contributed by atoms with Gasteiger partial charge in [-0.05, 0) is 18.1 Å². The minimum absolute atomic E-state index is 0.488. The van der Waals surface area contributed by atoms with E-state index in [9.17, 15) is 0 Å². The van der Waals surface area contributed by atoms with Crippen molar-refractivity contribution < 1.29 is 4.74 Å². The van der Waals surface area contributed by atoms with Gasteiger partial charge in [-0.2, -0.15) is 0 Å². The van der Waals surface area contributed by atoms with Crippen molar-refractivity contribution >= 4 is 0 Å². The Morgan fingerprint density at radius 1 is 1.05 bits per heavy atom. The number of rotatable bonds is 6. The van der Waals surface area contributed by atoms with Gasteiger partial charge >= 0.3 is 0 Å². The van der Waals surface area contributed by atoms with E-state index in [1.54, 1.807) is 0 Å². The van der Waals surface area contributed by atoms with Gasteiger partial charge in [0.25, 0.3) is 0 Å². The van der Waals surface area contributed by atoms with E-state index in [0.29, 0.717) is 18.7 Å². The first-order valence-corrected chi connectivity index (χ1v) is 7.27. The molecule has 1 unspecified atom stereocenters. The van der Waals surface area contributed by atoms with Gasteiger partial charge in [0.15, 0.2) is 0 Å². The Bertz CT molecular complexity index is 526. The highest BCUT2D eigenvalue weighted by Crippen LogP contribution is 2.31. The largest absolute Gasteiger partial charge is 0.375 e. The van der Waals surface area contributed by atoms with Crippen molar-refractivity contribution in [2.75, 3.05) is 13.2 Å². The minimum atomic E-state index is 0.488. The van der Waals surface area contributed by atoms with Gasteiger partial charge in [-0.1, -0.05) is 60.7 Å². The summed E-state index contributed by atoms with van der Waals surface area (Å²) in [6.07, 6.45) is 0. The summed E-state index contributed by atoms with van der Waals surface area (Å²) in [5, 5.41) is 0. The Kier molecular flexibility index (Phi) is 4.14. The van der Waals surface area contributed by atoms with Gasteiger partial charge in [-0.25, -0.2) is 0 Å². The van der Waals surface area contributed by atoms with Gasteiger partial charge in [-0.3, -0.25) is 4.90 Å². The van der Waals surface area contributed by atoms with Crippen molar-refractivity contribution in [1.82, 2.24) is 4.90 Å². The Labute approximate surface area is 121 Å². The first kappa shape index (κ1) is 13.3. The maximum Gasteiger partial charge on any atom is 0.0717 e. The lowest BCUT2D eigenvalue weighted by molar-refractivity contribution is 0.111. The zero-order valence-corrected chi connectivity index (χ0v) is 11.9. The van der Waals surface area contributed by atoms with E-state index < -0.39 is 0 Å². The van der Waals surface area contributed by atoms with E-state index in [1.807, 2.05) is 6.07 Å². The van der Waals surface area contributed by atoms with Crippen LogP contribution in [0.3, 0.4) is 0 Å². The Morgan fingerprint density at radius 3 is 2.40 bits per heavy atom. The molecule has 0 N–H and O–H groups in total. The Hall–Kier alpha value is -1.64. The van der Waals surface area contributed by atoms with E-state index in [1.165, 1.54) is 11.1 Å². The lowest BCUT2D eigenvalue weighted by Crippen LogP contribution is -2.12. The predicted octanol–water partition coefficient (Wildman–Crippen LogP) is 3.65. The normalized spacial score (nSPS) is 22.4. The average Bonchev–Trinajstić information content (AvgIpc) is 3.28. The molecule has 3 rings (SSSR count). The standard InChI is InChI=1S/C18H21NO/c1-15(17-10-6-3-7-11-17)19-12-18(19)14-20-13-16-8-4-2-5-9-16/h2-11,15,18H,12-14H2,1H3/t15-,18-,19?/m1/s1. The molecule has 1 aliphatic heterocycles. The molecule has 1 heterocycles. The van der Waals surface area contributed by atoms with Gasteiger partial charge in [0.1, 0.15) is 0 Å². The second kappa shape index (κ2) is 6.21. The summed E-state index contributed by atoms with van der Waals surface area (Å²) < 4.78 is 5.82. The Morgan fingerprint density at radius 2 is 1.70 bits per heavy atom. The number of ether oxygens (including phenoxy) is 1. The summed E-state index contributed by atoms with van der Waals surface area (Å²) in [5.74, 6) is 0. The smallest absolute Gasteiger partial charge is 0.0717 e. The van der Waals surface area contributed by atoms with E-state index in [4.69, 9.17) is 4.74 Å². The molecule has 2 heteroatoms. The van der Waals surface area contributed by atoms with E-state index >= 15 is 0 Å². The molecule has 0 aliphatic carbocycles. The molecule has 104 valence electrons. The number of nitrogens with zero attached hydrogens (tertiary/aromatic N) is 1. The van der Waals surface area contributed by atoms with Crippen molar-refractivity contribution in [2.24, 2.45) is 0 Å². The fourth-order valence-electron chi connectivity index (χ4n) is 2.63. The third kappa shape index (κ3) is 3.27. The molecular weight excluding hydrogens is 246 g/mol. The molecule has 0 aromatic heterocycles. The van der Waals surface area contributed by atoms with Crippen LogP contribution >= 0.6 is 0 Å². The number of hydrogen-bond acceptors (Lipinski definition) is 2. The monoisotopic (exact) mass is 267 g/mol. The number of hydrogen-bond donors (Lipinski definition) is 0. The molecule has 0 radical (unpaired) electrons. The predicted molar refractivity (Wildman–Crippen MR) is 81.4 cm³/mol. The van der Waals surface area contributed by atoms with Gasteiger partial charge in [0.05, 0.1) is 13.2 Å². The quantitative estimate of drug-likeness (QED) is 0.741. The van der Waals surface area contributed by atoms with Gasteiger partial charge < -0.3 is 4.74 Å². The van der Waals surface area contributed by atoms with Crippen LogP contribution in [0.5, 0.6) is 0 Å². The molecule has 2 aromatic rings. The highest BCUT2D eigenvalue weighted by Gasteiger charge is 2.38. The van der Waals surface area contributed by atoms with Gasteiger partial charge in [0, 0.05) is 18.6 Å². The molecule has 0 spiro atoms. The first-order chi connectivity index (χ1) is 9.84. The molecule has 3 atom stereocenters. The van der Waals surface area contributed by atoms with Crippen LogP contribution in [0.25, 0.3) is 0 Å². The van der Waals surface area contributed by atoms with Crippen molar-refractivity contribution in [2.45, 2.75) is 25.6 Å². The molecule has 0 saturated carbocycles. The SMILES string of the molecule is C[C@H](c1ccccc1)N1C[C@@H]1COCc1ccccc1. The second-order valence-corrected chi connectivity index (χ2v) is 5.44. The summed E-state index contributed by atoms with van der Waals surface area (Å²) in [5.41, 5.74) is 2.63. The minimum Gasteiger partial charge on any atom is -0.375 e. The molecule has 20 heavy (non-hydrogen) atoms. The van der Waals surface area contributed by atoms with E-state index in [0.717, 1.165) is 13.2 Å². The topological polar surface area (TPSA) is 12.2 Å².